The molecular weight excluding hydrogens is 336 g/mol. The maximum atomic E-state index is 12.3. The highest BCUT2D eigenvalue weighted by atomic mass is 79.9. The molecule has 1 aromatic carbocycles. The molecule has 4 N–H and O–H groups in total. The second-order valence-corrected chi connectivity index (χ2v) is 7.14. The van der Waals surface area contributed by atoms with Crippen LogP contribution in [0.3, 0.4) is 0 Å². The average molecular weight is 357 g/mol. The number of halogens is 1. The molecule has 5 nitrogen and oxygen atoms in total. The second kappa shape index (κ2) is 7.04. The van der Waals surface area contributed by atoms with Gasteiger partial charge in [0.05, 0.1) is 11.5 Å². The molecule has 116 valence electrons. The molecule has 0 saturated heterocycles. The van der Waals surface area contributed by atoms with Gasteiger partial charge in [0.25, 0.3) is 0 Å². The summed E-state index contributed by atoms with van der Waals surface area (Å²) >= 11 is 3.23. The van der Waals surface area contributed by atoms with E-state index in [1.165, 1.54) is 12.1 Å². The summed E-state index contributed by atoms with van der Waals surface area (Å²) in [4.78, 5) is 23.3. The maximum absolute atomic E-state index is 12.3. The number of benzene rings is 1. The zero-order chi connectivity index (χ0) is 16.2. The summed E-state index contributed by atoms with van der Waals surface area (Å²) in [6, 6.07) is 4.57. The predicted octanol–water partition coefficient (Wildman–Crippen LogP) is 3.10. The zero-order valence-corrected chi connectivity index (χ0v) is 14.0. The molecule has 1 rings (SSSR count). The molecule has 0 bridgehead atoms. The Labute approximate surface area is 133 Å². The van der Waals surface area contributed by atoms with E-state index in [9.17, 15) is 9.59 Å². The highest BCUT2D eigenvalue weighted by Gasteiger charge is 2.24. The van der Waals surface area contributed by atoms with Gasteiger partial charge in [0.2, 0.25) is 5.91 Å². The molecule has 21 heavy (non-hydrogen) atoms. The minimum Gasteiger partial charge on any atom is -0.478 e. The van der Waals surface area contributed by atoms with E-state index in [4.69, 9.17) is 10.8 Å². The summed E-state index contributed by atoms with van der Waals surface area (Å²) in [5, 5.41) is 11.8. The molecule has 1 unspecified atom stereocenters. The lowest BCUT2D eigenvalue weighted by Crippen LogP contribution is -2.32. The van der Waals surface area contributed by atoms with E-state index in [1.807, 2.05) is 20.8 Å². The number of carboxylic acids is 1. The lowest BCUT2D eigenvalue weighted by Gasteiger charge is -2.24. The molecule has 1 atom stereocenters. The van der Waals surface area contributed by atoms with E-state index in [0.29, 0.717) is 16.6 Å². The van der Waals surface area contributed by atoms with Gasteiger partial charge in [-0.3, -0.25) is 4.79 Å². The lowest BCUT2D eigenvalue weighted by molar-refractivity contribution is -0.120. The second-order valence-electron chi connectivity index (χ2n) is 6.22. The third-order valence-corrected chi connectivity index (χ3v) is 3.38. The number of hydrogen-bond acceptors (Lipinski definition) is 3. The van der Waals surface area contributed by atoms with Gasteiger partial charge in [0.15, 0.2) is 0 Å². The number of rotatable bonds is 5. The number of anilines is 1. The van der Waals surface area contributed by atoms with E-state index in [2.05, 4.69) is 21.2 Å². The van der Waals surface area contributed by atoms with Crippen LogP contribution in [0.1, 0.15) is 37.6 Å². The maximum Gasteiger partial charge on any atom is 0.335 e. The zero-order valence-electron chi connectivity index (χ0n) is 12.4. The van der Waals surface area contributed by atoms with Crippen LogP contribution in [0.15, 0.2) is 22.7 Å². The fourth-order valence-corrected chi connectivity index (χ4v) is 2.55. The van der Waals surface area contributed by atoms with Crippen LogP contribution in [0.4, 0.5) is 5.69 Å². The minimum absolute atomic E-state index is 0.00905. The smallest absolute Gasteiger partial charge is 0.335 e. The summed E-state index contributed by atoms with van der Waals surface area (Å²) in [5.41, 5.74) is 6.22. The van der Waals surface area contributed by atoms with Gasteiger partial charge < -0.3 is 16.2 Å². The number of hydrogen-bond donors (Lipinski definition) is 3. The van der Waals surface area contributed by atoms with Crippen molar-refractivity contribution in [2.24, 2.45) is 17.1 Å². The Morgan fingerprint density at radius 1 is 1.33 bits per heavy atom. The van der Waals surface area contributed by atoms with E-state index in [0.717, 1.165) is 0 Å². The van der Waals surface area contributed by atoms with Crippen molar-refractivity contribution >= 4 is 33.5 Å². The molecule has 0 aliphatic carbocycles. The van der Waals surface area contributed by atoms with E-state index in [-0.39, 0.29) is 29.3 Å². The molecule has 0 saturated carbocycles. The van der Waals surface area contributed by atoms with Crippen molar-refractivity contribution in [3.8, 4) is 0 Å². The van der Waals surface area contributed by atoms with Crippen molar-refractivity contribution in [3.63, 3.8) is 0 Å². The van der Waals surface area contributed by atoms with Crippen LogP contribution in [0.25, 0.3) is 0 Å². The Bertz CT molecular complexity index is 538. The molecule has 0 aliphatic rings. The molecule has 0 aliphatic heterocycles. The van der Waals surface area contributed by atoms with Crippen molar-refractivity contribution in [3.05, 3.63) is 28.2 Å². The van der Waals surface area contributed by atoms with Crippen molar-refractivity contribution in [2.75, 3.05) is 11.9 Å². The summed E-state index contributed by atoms with van der Waals surface area (Å²) in [6.45, 7) is 6.39. The summed E-state index contributed by atoms with van der Waals surface area (Å²) in [6.07, 6.45) is 0.662. The van der Waals surface area contributed by atoms with Crippen LogP contribution in [0.2, 0.25) is 0 Å². The number of carbonyl (C=O) groups excluding carboxylic acids is 1. The first-order valence-corrected chi connectivity index (χ1v) is 7.46. The van der Waals surface area contributed by atoms with Crippen LogP contribution in [0.5, 0.6) is 0 Å². The third kappa shape index (κ3) is 5.85. The molecule has 1 amide bonds. The Morgan fingerprint density at radius 2 is 1.95 bits per heavy atom. The first-order chi connectivity index (χ1) is 9.62. The highest BCUT2D eigenvalue weighted by Crippen LogP contribution is 2.26. The largest absolute Gasteiger partial charge is 0.478 e. The Hall–Kier alpha value is -1.40. The fraction of sp³-hybridized carbons (Fsp3) is 0.467. The van der Waals surface area contributed by atoms with Gasteiger partial charge in [0, 0.05) is 16.7 Å². The van der Waals surface area contributed by atoms with Gasteiger partial charge >= 0.3 is 5.97 Å². The Balaban J connectivity index is 2.89. The number of carboxylic acid groups (broad SMARTS) is 1. The minimum atomic E-state index is -1.04. The average Bonchev–Trinajstić information content (AvgIpc) is 2.33. The Morgan fingerprint density at radius 3 is 2.43 bits per heavy atom. The van der Waals surface area contributed by atoms with Gasteiger partial charge in [0.1, 0.15) is 0 Å². The SMILES string of the molecule is CC(C)(C)CC(CN)C(=O)Nc1cc(Br)cc(C(=O)O)c1. The molecule has 6 heteroatoms. The molecular formula is C15H21BrN2O3. The molecule has 1 aromatic rings. The van der Waals surface area contributed by atoms with Crippen LogP contribution >= 0.6 is 15.9 Å². The first-order valence-electron chi connectivity index (χ1n) is 6.67. The van der Waals surface area contributed by atoms with Crippen LogP contribution < -0.4 is 11.1 Å². The number of amides is 1. The molecule has 0 radical (unpaired) electrons. The standard InChI is InChI=1S/C15H21BrN2O3/c1-15(2,3)7-10(8-17)13(19)18-12-5-9(14(20)21)4-11(16)6-12/h4-6,10H,7-8,17H2,1-3H3,(H,18,19)(H,20,21). The van der Waals surface area contributed by atoms with Gasteiger partial charge in [-0.05, 0) is 30.0 Å². The van der Waals surface area contributed by atoms with Crippen LogP contribution in [-0.2, 0) is 4.79 Å². The van der Waals surface area contributed by atoms with Crippen LogP contribution in [0, 0.1) is 11.3 Å². The van der Waals surface area contributed by atoms with Crippen molar-refractivity contribution in [2.45, 2.75) is 27.2 Å². The number of carbonyl (C=O) groups is 2. The summed E-state index contributed by atoms with van der Waals surface area (Å²) in [7, 11) is 0. The number of nitrogens with two attached hydrogens (primary N) is 1. The van der Waals surface area contributed by atoms with Crippen LogP contribution in [-0.4, -0.2) is 23.5 Å². The molecule has 0 aromatic heterocycles. The van der Waals surface area contributed by atoms with E-state index >= 15 is 0 Å². The fourth-order valence-electron chi connectivity index (χ4n) is 2.05. The number of nitrogens with one attached hydrogen (secondary N) is 1. The first kappa shape index (κ1) is 17.7. The van der Waals surface area contributed by atoms with Crippen molar-refractivity contribution < 1.29 is 14.7 Å². The van der Waals surface area contributed by atoms with Crippen molar-refractivity contribution in [1.82, 2.24) is 0 Å². The molecule has 0 spiro atoms. The normalized spacial score (nSPS) is 12.8. The van der Waals surface area contributed by atoms with Gasteiger partial charge in [-0.1, -0.05) is 36.7 Å². The third-order valence-electron chi connectivity index (χ3n) is 2.93. The lowest BCUT2D eigenvalue weighted by atomic mass is 9.84. The Kier molecular flexibility index (Phi) is 5.92. The monoisotopic (exact) mass is 356 g/mol. The summed E-state index contributed by atoms with van der Waals surface area (Å²) in [5.74, 6) is -1.55. The van der Waals surface area contributed by atoms with E-state index < -0.39 is 5.97 Å². The quantitative estimate of drug-likeness (QED) is 0.755. The summed E-state index contributed by atoms with van der Waals surface area (Å²) < 4.78 is 0.595. The van der Waals surface area contributed by atoms with Gasteiger partial charge in [-0.25, -0.2) is 4.79 Å². The topological polar surface area (TPSA) is 92.4 Å². The predicted molar refractivity (Wildman–Crippen MR) is 86.3 cm³/mol. The highest BCUT2D eigenvalue weighted by molar-refractivity contribution is 9.10. The number of aromatic carboxylic acids is 1. The molecule has 0 heterocycles. The molecule has 0 fully saturated rings. The van der Waals surface area contributed by atoms with Crippen molar-refractivity contribution in [1.29, 1.82) is 0 Å². The van der Waals surface area contributed by atoms with Gasteiger partial charge in [-0.15, -0.1) is 0 Å². The van der Waals surface area contributed by atoms with Gasteiger partial charge in [-0.2, -0.15) is 0 Å². The van der Waals surface area contributed by atoms with E-state index in [1.54, 1.807) is 6.07 Å².